The van der Waals surface area contributed by atoms with Gasteiger partial charge in [-0.1, -0.05) is 30.7 Å². The van der Waals surface area contributed by atoms with Crippen LogP contribution in [0.5, 0.6) is 0 Å². The summed E-state index contributed by atoms with van der Waals surface area (Å²) >= 11 is 6.31. The van der Waals surface area contributed by atoms with Gasteiger partial charge < -0.3 is 9.88 Å². The zero-order valence-electron chi connectivity index (χ0n) is 15.6. The van der Waals surface area contributed by atoms with Crippen LogP contribution in [-0.4, -0.2) is 26.9 Å². The van der Waals surface area contributed by atoms with Crippen molar-refractivity contribution in [3.8, 4) is 11.3 Å². The number of carbonyl (C=O) groups excluding carboxylic acids is 1. The summed E-state index contributed by atoms with van der Waals surface area (Å²) in [5.74, 6) is 0.878. The van der Waals surface area contributed by atoms with Crippen molar-refractivity contribution in [3.63, 3.8) is 0 Å². The Bertz CT molecular complexity index is 1080. The summed E-state index contributed by atoms with van der Waals surface area (Å²) in [6.07, 6.45) is 3.75. The zero-order valence-corrected chi connectivity index (χ0v) is 16.3. The number of hydrogen-bond acceptors (Lipinski definition) is 3. The minimum atomic E-state index is -0.495. The Hall–Kier alpha value is -2.40. The molecule has 0 atom stereocenters. The van der Waals surface area contributed by atoms with Crippen molar-refractivity contribution in [2.45, 2.75) is 45.1 Å². The van der Waals surface area contributed by atoms with Crippen molar-refractivity contribution < 1.29 is 4.79 Å². The van der Waals surface area contributed by atoms with Crippen molar-refractivity contribution in [3.05, 3.63) is 41.3 Å². The zero-order chi connectivity index (χ0) is 18.9. The minimum absolute atomic E-state index is 0.196. The molecule has 2 aliphatic rings. The summed E-state index contributed by atoms with van der Waals surface area (Å²) in [6, 6.07) is 8.44. The lowest BCUT2D eigenvalue weighted by Gasteiger charge is -2.40. The van der Waals surface area contributed by atoms with Crippen LogP contribution in [-0.2, 0) is 10.2 Å². The number of imidazole rings is 1. The van der Waals surface area contributed by atoms with Crippen LogP contribution in [0.2, 0.25) is 5.15 Å². The van der Waals surface area contributed by atoms with Crippen molar-refractivity contribution >= 4 is 34.2 Å². The highest BCUT2D eigenvalue weighted by Gasteiger charge is 2.48. The van der Waals surface area contributed by atoms with E-state index in [0.29, 0.717) is 22.6 Å². The molecule has 0 bridgehead atoms. The van der Waals surface area contributed by atoms with E-state index in [1.807, 2.05) is 30.9 Å². The number of fused-ring (bicyclic) bond motifs is 2. The molecule has 1 N–H and O–H groups in total. The third-order valence-corrected chi connectivity index (χ3v) is 6.32. The van der Waals surface area contributed by atoms with E-state index in [9.17, 15) is 4.79 Å². The number of anilines is 1. The molecule has 1 amide bonds. The molecule has 1 saturated carbocycles. The number of aromatic nitrogens is 3. The number of pyridine rings is 1. The largest absolute Gasteiger partial charge is 0.344 e. The normalized spacial score (nSPS) is 23.6. The topological polar surface area (TPSA) is 61.9 Å². The molecule has 5 nitrogen and oxygen atoms in total. The van der Waals surface area contributed by atoms with Crippen LogP contribution in [0.15, 0.2) is 30.6 Å². The number of nitrogens with one attached hydrogen (secondary N) is 1. The van der Waals surface area contributed by atoms with Gasteiger partial charge in [0, 0.05) is 17.3 Å². The number of aromatic amines is 1. The van der Waals surface area contributed by atoms with Crippen LogP contribution in [0.3, 0.4) is 0 Å². The van der Waals surface area contributed by atoms with Gasteiger partial charge in [-0.25, -0.2) is 9.97 Å². The van der Waals surface area contributed by atoms with Gasteiger partial charge in [-0.05, 0) is 50.3 Å². The van der Waals surface area contributed by atoms with Crippen molar-refractivity contribution in [1.82, 2.24) is 15.0 Å². The van der Waals surface area contributed by atoms with Crippen LogP contribution in [0, 0.1) is 5.92 Å². The first-order valence-corrected chi connectivity index (χ1v) is 9.72. The molecule has 5 rings (SSSR count). The minimum Gasteiger partial charge on any atom is -0.344 e. The average Bonchev–Trinajstić information content (AvgIpc) is 3.15. The molecule has 3 aromatic rings. The fraction of sp³-hybridized carbons (Fsp3) is 0.381. The number of amides is 1. The molecule has 0 saturated heterocycles. The van der Waals surface area contributed by atoms with Gasteiger partial charge in [-0.3, -0.25) is 4.79 Å². The number of halogens is 1. The molecule has 1 aliphatic carbocycles. The Morgan fingerprint density at radius 3 is 2.78 bits per heavy atom. The van der Waals surface area contributed by atoms with Crippen LogP contribution in [0.4, 0.5) is 5.69 Å². The predicted octanol–water partition coefficient (Wildman–Crippen LogP) is 4.70. The molecule has 0 radical (unpaired) electrons. The second kappa shape index (κ2) is 5.55. The van der Waals surface area contributed by atoms with Crippen LogP contribution < -0.4 is 4.90 Å². The first-order valence-electron chi connectivity index (χ1n) is 9.34. The molecular formula is C21H21ClN4O. The Labute approximate surface area is 162 Å². The van der Waals surface area contributed by atoms with Crippen molar-refractivity contribution in [1.29, 1.82) is 0 Å². The second-order valence-corrected chi connectivity index (χ2v) is 8.72. The second-order valence-electron chi connectivity index (χ2n) is 8.36. The Kier molecular flexibility index (Phi) is 3.44. The summed E-state index contributed by atoms with van der Waals surface area (Å²) in [5, 5.41) is 0.380. The summed E-state index contributed by atoms with van der Waals surface area (Å²) in [4.78, 5) is 27.0. The molecule has 6 heteroatoms. The van der Waals surface area contributed by atoms with E-state index in [0.717, 1.165) is 40.9 Å². The smallest absolute Gasteiger partial charge is 0.237 e. The number of rotatable bonds is 2. The number of carbonyl (C=O) groups is 1. The molecule has 1 aliphatic heterocycles. The monoisotopic (exact) mass is 380 g/mol. The molecule has 1 aromatic carbocycles. The van der Waals surface area contributed by atoms with E-state index in [1.54, 1.807) is 6.33 Å². The standard InChI is InChI=1S/C21H21ClN4O/c1-11-6-13(7-11)26-17-8-12(4-5-14(17)21(2,3)20(26)27)15-9-16-18(19(22)25-15)24-10-23-16/h4-5,8-11,13H,6-7H2,1-3H3,(H,23,24). The van der Waals surface area contributed by atoms with Gasteiger partial charge in [0.05, 0.1) is 23.0 Å². The van der Waals surface area contributed by atoms with Crippen LogP contribution in [0.1, 0.15) is 39.2 Å². The molecule has 0 unspecified atom stereocenters. The van der Waals surface area contributed by atoms with E-state index in [-0.39, 0.29) is 5.91 Å². The van der Waals surface area contributed by atoms with E-state index >= 15 is 0 Å². The maximum Gasteiger partial charge on any atom is 0.237 e. The molecule has 0 spiro atoms. The predicted molar refractivity (Wildman–Crippen MR) is 107 cm³/mol. The molecule has 2 aromatic heterocycles. The number of benzene rings is 1. The van der Waals surface area contributed by atoms with Crippen LogP contribution in [0.25, 0.3) is 22.3 Å². The average molecular weight is 381 g/mol. The highest BCUT2D eigenvalue weighted by molar-refractivity contribution is 6.33. The van der Waals surface area contributed by atoms with Crippen molar-refractivity contribution in [2.24, 2.45) is 5.92 Å². The number of H-pyrrole nitrogens is 1. The maximum atomic E-state index is 13.1. The van der Waals surface area contributed by atoms with E-state index in [1.165, 1.54) is 0 Å². The molecule has 138 valence electrons. The van der Waals surface area contributed by atoms with Gasteiger partial charge in [0.25, 0.3) is 0 Å². The van der Waals surface area contributed by atoms with Gasteiger partial charge in [0.1, 0.15) is 5.52 Å². The lowest BCUT2D eigenvalue weighted by molar-refractivity contribution is -0.123. The van der Waals surface area contributed by atoms with Crippen LogP contribution >= 0.6 is 11.6 Å². The van der Waals surface area contributed by atoms with E-state index in [2.05, 4.69) is 34.0 Å². The first-order chi connectivity index (χ1) is 12.9. The van der Waals surface area contributed by atoms with E-state index in [4.69, 9.17) is 11.6 Å². The quantitative estimate of drug-likeness (QED) is 0.655. The molecule has 3 heterocycles. The third-order valence-electron chi connectivity index (χ3n) is 6.06. The lowest BCUT2D eigenvalue weighted by atomic mass is 9.80. The van der Waals surface area contributed by atoms with Gasteiger partial charge in [-0.2, -0.15) is 0 Å². The van der Waals surface area contributed by atoms with E-state index < -0.39 is 5.41 Å². The Morgan fingerprint density at radius 2 is 2.04 bits per heavy atom. The summed E-state index contributed by atoms with van der Waals surface area (Å²) < 4.78 is 0. The Balaban J connectivity index is 1.64. The van der Waals surface area contributed by atoms with Crippen molar-refractivity contribution in [2.75, 3.05) is 4.90 Å². The Morgan fingerprint density at radius 1 is 1.26 bits per heavy atom. The van der Waals surface area contributed by atoms with Gasteiger partial charge >= 0.3 is 0 Å². The summed E-state index contributed by atoms with van der Waals surface area (Å²) in [6.45, 7) is 6.27. The number of hydrogen-bond donors (Lipinski definition) is 1. The fourth-order valence-electron chi connectivity index (χ4n) is 4.43. The first kappa shape index (κ1) is 16.8. The molecule has 27 heavy (non-hydrogen) atoms. The van der Waals surface area contributed by atoms with Gasteiger partial charge in [-0.15, -0.1) is 0 Å². The molecular weight excluding hydrogens is 360 g/mol. The highest BCUT2D eigenvalue weighted by Crippen LogP contribution is 2.47. The highest BCUT2D eigenvalue weighted by atomic mass is 35.5. The molecule has 1 fully saturated rings. The number of nitrogens with zero attached hydrogens (tertiary/aromatic N) is 3. The lowest BCUT2D eigenvalue weighted by Crippen LogP contribution is -2.48. The fourth-order valence-corrected chi connectivity index (χ4v) is 4.67. The SMILES string of the molecule is CC1CC(N2C(=O)C(C)(C)c3ccc(-c4cc5[nH]cnc5c(Cl)n4)cc32)C1. The maximum absolute atomic E-state index is 13.1. The summed E-state index contributed by atoms with van der Waals surface area (Å²) in [7, 11) is 0. The summed E-state index contributed by atoms with van der Waals surface area (Å²) in [5.41, 5.74) is 4.86. The van der Waals surface area contributed by atoms with Gasteiger partial charge in [0.2, 0.25) is 5.91 Å². The third kappa shape index (κ3) is 2.34. The van der Waals surface area contributed by atoms with Gasteiger partial charge in [0.15, 0.2) is 5.15 Å².